The summed E-state index contributed by atoms with van der Waals surface area (Å²) in [6.45, 7) is 0. The molecular weight excluding hydrogens is 645 g/mol. The molecule has 0 saturated heterocycles. The Kier molecular flexibility index (Phi) is 9.34. The molecule has 0 unspecified atom stereocenters. The molecule has 0 atom stereocenters. The second-order valence-corrected chi connectivity index (χ2v) is 11.7. The van der Waals surface area contributed by atoms with Gasteiger partial charge in [0.05, 0.1) is 22.5 Å². The summed E-state index contributed by atoms with van der Waals surface area (Å²) in [5.74, 6) is 21.4. The van der Waals surface area contributed by atoms with Gasteiger partial charge < -0.3 is 31.2 Å². The molecule has 6 nitrogen and oxygen atoms in total. The molecule has 0 aliphatic carbocycles. The molecule has 7 rings (SSSR count). The van der Waals surface area contributed by atoms with E-state index in [4.69, 9.17) is 20.9 Å². The highest BCUT2D eigenvalue weighted by molar-refractivity contribution is 5.97. The molecule has 6 N–H and O–H groups in total. The van der Waals surface area contributed by atoms with Crippen LogP contribution in [0, 0.1) is 35.5 Å². The first kappa shape index (κ1) is 32.8. The van der Waals surface area contributed by atoms with Crippen molar-refractivity contribution in [1.82, 2.24) is 0 Å². The smallest absolute Gasteiger partial charge is 0.144 e. The van der Waals surface area contributed by atoms with Gasteiger partial charge in [-0.05, 0) is 78.9 Å². The van der Waals surface area contributed by atoms with Crippen LogP contribution in [0.5, 0.6) is 34.5 Å². The number of phenolic OH excluding ortho intramolecular Hbond substituents is 2. The van der Waals surface area contributed by atoms with Crippen LogP contribution in [0.1, 0.15) is 33.4 Å². The second-order valence-electron chi connectivity index (χ2n) is 11.7. The molecule has 0 saturated carbocycles. The summed E-state index contributed by atoms with van der Waals surface area (Å²) in [6.07, 6.45) is 0. The number of nitrogen functional groups attached to an aromatic ring is 2. The molecule has 6 heteroatoms. The molecule has 0 spiro atoms. The third kappa shape index (κ3) is 7.61. The fourth-order valence-electron chi connectivity index (χ4n) is 5.34. The monoisotopic (exact) mass is 674 g/mol. The summed E-state index contributed by atoms with van der Waals surface area (Å²) in [7, 11) is 0. The van der Waals surface area contributed by atoms with Crippen molar-refractivity contribution in [2.24, 2.45) is 0 Å². The Labute approximate surface area is 301 Å². The number of benzene rings is 7. The van der Waals surface area contributed by atoms with Crippen LogP contribution in [0.15, 0.2) is 146 Å². The minimum atomic E-state index is -0.0473. The summed E-state index contributed by atoms with van der Waals surface area (Å²) in [6, 6.07) is 44.0. The highest BCUT2D eigenvalue weighted by Gasteiger charge is 2.17. The lowest BCUT2D eigenvalue weighted by Crippen LogP contribution is -1.97. The standard InChI is InChI=1S/C46H30N2O4/c47-41-28-36(21-24-43(41)49)51-45-30-39-34(19-16-31-10-4-1-5-11-31)27-46(52-37-22-25-44(50)42(48)29-37)38(23-18-33-14-8-3-9-15-33)40(39)26-35(45)20-17-32-12-6-2-7-13-32/h1-15,21-22,24-30,49-50H,47-48H2. The van der Waals surface area contributed by atoms with Crippen molar-refractivity contribution in [2.45, 2.75) is 0 Å². The summed E-state index contributed by atoms with van der Waals surface area (Å²) in [4.78, 5) is 0. The molecule has 0 amide bonds. The van der Waals surface area contributed by atoms with Crippen molar-refractivity contribution in [1.29, 1.82) is 0 Å². The Balaban J connectivity index is 1.52. The van der Waals surface area contributed by atoms with Gasteiger partial charge >= 0.3 is 0 Å². The maximum absolute atomic E-state index is 10.1. The van der Waals surface area contributed by atoms with Gasteiger partial charge in [0.2, 0.25) is 0 Å². The molecule has 0 heterocycles. The highest BCUT2D eigenvalue weighted by atomic mass is 16.5. The summed E-state index contributed by atoms with van der Waals surface area (Å²) in [5, 5.41) is 21.6. The summed E-state index contributed by atoms with van der Waals surface area (Å²) in [5.41, 5.74) is 16.7. The number of nitrogens with two attached hydrogens (primary N) is 2. The van der Waals surface area contributed by atoms with Gasteiger partial charge in [-0.25, -0.2) is 0 Å². The van der Waals surface area contributed by atoms with Crippen LogP contribution >= 0.6 is 0 Å². The maximum Gasteiger partial charge on any atom is 0.144 e. The van der Waals surface area contributed by atoms with E-state index in [9.17, 15) is 10.2 Å². The molecule has 0 bridgehead atoms. The normalized spacial score (nSPS) is 10.2. The number of ether oxygens (including phenoxy) is 2. The predicted octanol–water partition coefficient (Wildman–Crippen LogP) is 9.20. The molecule has 0 fully saturated rings. The van der Waals surface area contributed by atoms with Gasteiger partial charge in [-0.15, -0.1) is 0 Å². The number of aromatic hydroxyl groups is 2. The van der Waals surface area contributed by atoms with Crippen LogP contribution < -0.4 is 20.9 Å². The third-order valence-electron chi connectivity index (χ3n) is 7.99. The lowest BCUT2D eigenvalue weighted by atomic mass is 9.95. The van der Waals surface area contributed by atoms with Crippen LogP contribution in [-0.2, 0) is 0 Å². The lowest BCUT2D eigenvalue weighted by Gasteiger charge is -2.16. The van der Waals surface area contributed by atoms with E-state index in [0.717, 1.165) is 27.5 Å². The quantitative estimate of drug-likeness (QED) is 0.0842. The molecule has 0 aromatic heterocycles. The average molecular weight is 675 g/mol. The zero-order valence-corrected chi connectivity index (χ0v) is 27.7. The van der Waals surface area contributed by atoms with Crippen molar-refractivity contribution in [3.05, 3.63) is 179 Å². The van der Waals surface area contributed by atoms with Crippen LogP contribution in [0.25, 0.3) is 10.8 Å². The van der Waals surface area contributed by atoms with Gasteiger partial charge in [0.15, 0.2) is 0 Å². The minimum Gasteiger partial charge on any atom is -0.506 e. The van der Waals surface area contributed by atoms with E-state index < -0.39 is 0 Å². The SMILES string of the molecule is Nc1cc(Oc2cc3c(C#Cc4ccccc4)cc(Oc4ccc(O)c(N)c4)c(C#Cc4ccccc4)c3cc2C#Cc2ccccc2)ccc1O. The fraction of sp³-hybridized carbons (Fsp3) is 0. The molecule has 52 heavy (non-hydrogen) atoms. The van der Waals surface area contributed by atoms with Crippen molar-refractivity contribution in [3.63, 3.8) is 0 Å². The first-order valence-corrected chi connectivity index (χ1v) is 16.3. The van der Waals surface area contributed by atoms with Crippen LogP contribution in [-0.4, -0.2) is 10.2 Å². The van der Waals surface area contributed by atoms with E-state index in [-0.39, 0.29) is 22.9 Å². The lowest BCUT2D eigenvalue weighted by molar-refractivity contribution is 0.466. The zero-order chi connectivity index (χ0) is 35.9. The molecular formula is C46H30N2O4. The average Bonchev–Trinajstić information content (AvgIpc) is 3.17. The molecule has 0 aliphatic heterocycles. The van der Waals surface area contributed by atoms with Gasteiger partial charge in [-0.3, -0.25) is 0 Å². The van der Waals surface area contributed by atoms with Crippen molar-refractivity contribution in [3.8, 4) is 70.0 Å². The van der Waals surface area contributed by atoms with Crippen LogP contribution in [0.2, 0.25) is 0 Å². The van der Waals surface area contributed by atoms with Crippen molar-refractivity contribution >= 4 is 22.1 Å². The van der Waals surface area contributed by atoms with E-state index in [2.05, 4.69) is 35.5 Å². The Hall–Kier alpha value is -7.72. The highest BCUT2D eigenvalue weighted by Crippen LogP contribution is 2.40. The fourth-order valence-corrected chi connectivity index (χ4v) is 5.34. The van der Waals surface area contributed by atoms with Gasteiger partial charge in [-0.2, -0.15) is 0 Å². The Morgan fingerprint density at radius 3 is 1.37 bits per heavy atom. The summed E-state index contributed by atoms with van der Waals surface area (Å²) < 4.78 is 12.9. The van der Waals surface area contributed by atoms with E-state index in [1.54, 1.807) is 24.3 Å². The maximum atomic E-state index is 10.1. The number of hydrogen-bond donors (Lipinski definition) is 4. The minimum absolute atomic E-state index is 0.0435. The predicted molar refractivity (Wildman–Crippen MR) is 206 cm³/mol. The molecule has 7 aromatic carbocycles. The van der Waals surface area contributed by atoms with E-state index in [1.807, 2.05) is 109 Å². The van der Waals surface area contributed by atoms with Crippen LogP contribution in [0.3, 0.4) is 0 Å². The van der Waals surface area contributed by atoms with Gasteiger partial charge in [0.1, 0.15) is 34.5 Å². The topological polar surface area (TPSA) is 111 Å². The van der Waals surface area contributed by atoms with Crippen LogP contribution in [0.4, 0.5) is 11.4 Å². The van der Waals surface area contributed by atoms with E-state index in [1.165, 1.54) is 12.1 Å². The van der Waals surface area contributed by atoms with E-state index >= 15 is 0 Å². The molecule has 0 aliphatic rings. The number of hydrogen-bond acceptors (Lipinski definition) is 6. The second kappa shape index (κ2) is 14.8. The molecule has 7 aromatic rings. The zero-order valence-electron chi connectivity index (χ0n) is 27.7. The Bertz CT molecular complexity index is 2620. The largest absolute Gasteiger partial charge is 0.506 e. The third-order valence-corrected chi connectivity index (χ3v) is 7.99. The number of rotatable bonds is 4. The van der Waals surface area contributed by atoms with Gasteiger partial charge in [0.25, 0.3) is 0 Å². The summed E-state index contributed by atoms with van der Waals surface area (Å²) >= 11 is 0. The first-order chi connectivity index (χ1) is 25.4. The number of phenols is 2. The first-order valence-electron chi connectivity index (χ1n) is 16.3. The van der Waals surface area contributed by atoms with Gasteiger partial charge in [-0.1, -0.05) is 90.1 Å². The Morgan fingerprint density at radius 1 is 0.404 bits per heavy atom. The molecule has 248 valence electrons. The number of fused-ring (bicyclic) bond motifs is 1. The van der Waals surface area contributed by atoms with Gasteiger partial charge in [0, 0.05) is 45.2 Å². The van der Waals surface area contributed by atoms with Crippen molar-refractivity contribution < 1.29 is 19.7 Å². The number of anilines is 2. The van der Waals surface area contributed by atoms with E-state index in [0.29, 0.717) is 39.7 Å². The molecule has 0 radical (unpaired) electrons. The Morgan fingerprint density at radius 2 is 0.865 bits per heavy atom. The van der Waals surface area contributed by atoms with Crippen molar-refractivity contribution in [2.75, 3.05) is 11.5 Å².